The van der Waals surface area contributed by atoms with Crippen molar-refractivity contribution >= 4 is 40.8 Å². The van der Waals surface area contributed by atoms with E-state index in [1.807, 2.05) is 0 Å². The third kappa shape index (κ3) is 7.49. The number of aromatic nitrogens is 3. The van der Waals surface area contributed by atoms with Gasteiger partial charge in [-0.2, -0.15) is 15.0 Å². The predicted molar refractivity (Wildman–Crippen MR) is 110 cm³/mol. The molecule has 0 spiro atoms. The Balaban J connectivity index is 2.31. The first-order chi connectivity index (χ1) is 14.4. The molecule has 0 bridgehead atoms. The second-order valence-electron chi connectivity index (χ2n) is 5.80. The van der Waals surface area contributed by atoms with E-state index in [4.69, 9.17) is 14.8 Å². The van der Waals surface area contributed by atoms with Crippen molar-refractivity contribution in [3.05, 3.63) is 29.8 Å². The van der Waals surface area contributed by atoms with E-state index in [0.29, 0.717) is 5.69 Å². The fourth-order valence-electron chi connectivity index (χ4n) is 2.37. The topological polar surface area (TPSA) is 193 Å². The quantitative estimate of drug-likeness (QED) is 0.192. The number of carbonyl (C=O) groups is 1. The number of nitrogens with one attached hydrogen (secondary N) is 3. The van der Waals surface area contributed by atoms with Crippen molar-refractivity contribution in [1.29, 1.82) is 0 Å². The standard InChI is InChI=1S/C16H23N7O6S/c24-8-5-17-14-20-15(19-12-3-1-2-11(10-12)13(26)27)22-16(21-14)23(7-9-25)6-4-18-30(28)29/h1-3,10,18,24-25H,4-9H2,(H,26,27)(H,28,29)(H2,17,19,20,21,22). The summed E-state index contributed by atoms with van der Waals surface area (Å²) in [5.41, 5.74) is 0.518. The highest BCUT2D eigenvalue weighted by Crippen LogP contribution is 2.19. The lowest BCUT2D eigenvalue weighted by Crippen LogP contribution is -2.36. The Labute approximate surface area is 174 Å². The number of rotatable bonds is 13. The van der Waals surface area contributed by atoms with Gasteiger partial charge in [0.05, 0.1) is 18.8 Å². The van der Waals surface area contributed by atoms with Crippen LogP contribution in [0.4, 0.5) is 23.5 Å². The summed E-state index contributed by atoms with van der Waals surface area (Å²) >= 11 is -2.18. The minimum absolute atomic E-state index is 0.0814. The first-order valence-electron chi connectivity index (χ1n) is 8.84. The van der Waals surface area contributed by atoms with E-state index in [-0.39, 0.29) is 62.8 Å². The maximum atomic E-state index is 11.2. The first-order valence-corrected chi connectivity index (χ1v) is 9.95. The first kappa shape index (κ1) is 23.4. The van der Waals surface area contributed by atoms with Crippen LogP contribution in [0.15, 0.2) is 24.3 Å². The molecule has 0 fully saturated rings. The van der Waals surface area contributed by atoms with Crippen LogP contribution in [0.3, 0.4) is 0 Å². The molecule has 0 saturated heterocycles. The van der Waals surface area contributed by atoms with E-state index in [2.05, 4.69) is 30.3 Å². The monoisotopic (exact) mass is 441 g/mol. The van der Waals surface area contributed by atoms with Gasteiger partial charge >= 0.3 is 5.97 Å². The Kier molecular flexibility index (Phi) is 9.30. The van der Waals surface area contributed by atoms with Gasteiger partial charge in [-0.15, -0.1) is 0 Å². The lowest BCUT2D eigenvalue weighted by Gasteiger charge is -2.22. The highest BCUT2D eigenvalue weighted by Gasteiger charge is 2.14. The normalized spacial score (nSPS) is 11.7. The van der Waals surface area contributed by atoms with Crippen molar-refractivity contribution < 1.29 is 28.9 Å². The molecule has 0 amide bonds. The van der Waals surface area contributed by atoms with Crippen molar-refractivity contribution in [2.45, 2.75) is 0 Å². The van der Waals surface area contributed by atoms with Crippen LogP contribution in [0.1, 0.15) is 10.4 Å². The molecule has 1 atom stereocenters. The lowest BCUT2D eigenvalue weighted by molar-refractivity contribution is 0.0697. The molecule has 0 radical (unpaired) electrons. The van der Waals surface area contributed by atoms with Crippen LogP contribution in [-0.4, -0.2) is 84.4 Å². The fraction of sp³-hybridized carbons (Fsp3) is 0.375. The van der Waals surface area contributed by atoms with Gasteiger partial charge in [0.25, 0.3) is 0 Å². The number of benzene rings is 1. The molecule has 13 nitrogen and oxygen atoms in total. The molecule has 0 aliphatic carbocycles. The van der Waals surface area contributed by atoms with E-state index >= 15 is 0 Å². The molecule has 1 aromatic carbocycles. The number of aliphatic hydroxyl groups is 2. The Bertz CT molecular complexity index is 872. The van der Waals surface area contributed by atoms with Gasteiger partial charge in [-0.3, -0.25) is 4.55 Å². The molecule has 0 aliphatic heterocycles. The number of nitrogens with zero attached hydrogens (tertiary/aromatic N) is 4. The van der Waals surface area contributed by atoms with Crippen molar-refractivity contribution in [2.75, 3.05) is 54.9 Å². The zero-order valence-corrected chi connectivity index (χ0v) is 16.7. The zero-order chi connectivity index (χ0) is 21.9. The van der Waals surface area contributed by atoms with Gasteiger partial charge in [0.1, 0.15) is 0 Å². The van der Waals surface area contributed by atoms with Crippen molar-refractivity contribution in [2.24, 2.45) is 0 Å². The molecule has 14 heteroatoms. The molecule has 7 N–H and O–H groups in total. The zero-order valence-electron chi connectivity index (χ0n) is 15.9. The second-order valence-corrected chi connectivity index (χ2v) is 6.59. The summed E-state index contributed by atoms with van der Waals surface area (Å²) < 4.78 is 22.0. The molecular weight excluding hydrogens is 418 g/mol. The Morgan fingerprint density at radius 2 is 1.83 bits per heavy atom. The molecule has 0 saturated carbocycles. The molecule has 2 aromatic rings. The number of anilines is 4. The van der Waals surface area contributed by atoms with Crippen LogP contribution in [0.25, 0.3) is 0 Å². The average Bonchev–Trinajstić information content (AvgIpc) is 2.71. The van der Waals surface area contributed by atoms with Crippen LogP contribution in [0.2, 0.25) is 0 Å². The van der Waals surface area contributed by atoms with Crippen molar-refractivity contribution in [1.82, 2.24) is 19.7 Å². The van der Waals surface area contributed by atoms with Gasteiger partial charge in [0.2, 0.25) is 29.1 Å². The molecule has 1 heterocycles. The third-order valence-electron chi connectivity index (χ3n) is 3.64. The van der Waals surface area contributed by atoms with Gasteiger partial charge in [0, 0.05) is 31.9 Å². The summed E-state index contributed by atoms with van der Waals surface area (Å²) in [5, 5.41) is 33.2. The second kappa shape index (κ2) is 11.9. The highest BCUT2D eigenvalue weighted by atomic mass is 32.2. The van der Waals surface area contributed by atoms with Gasteiger partial charge in [0.15, 0.2) is 0 Å². The van der Waals surface area contributed by atoms with E-state index in [1.165, 1.54) is 12.1 Å². The van der Waals surface area contributed by atoms with E-state index in [9.17, 15) is 14.1 Å². The van der Waals surface area contributed by atoms with E-state index in [1.54, 1.807) is 17.0 Å². The molecule has 30 heavy (non-hydrogen) atoms. The van der Waals surface area contributed by atoms with E-state index in [0.717, 1.165) is 0 Å². The largest absolute Gasteiger partial charge is 0.478 e. The summed E-state index contributed by atoms with van der Waals surface area (Å²) in [4.78, 5) is 25.5. The summed E-state index contributed by atoms with van der Waals surface area (Å²) in [6.07, 6.45) is 0. The number of hydrogen-bond donors (Lipinski definition) is 7. The number of carboxylic acids is 1. The van der Waals surface area contributed by atoms with Crippen LogP contribution in [0, 0.1) is 0 Å². The molecule has 1 unspecified atom stereocenters. The number of carboxylic acid groups (broad SMARTS) is 1. The molecule has 0 aliphatic rings. The Morgan fingerprint density at radius 1 is 1.07 bits per heavy atom. The number of hydrogen-bond acceptors (Lipinski definition) is 10. The Morgan fingerprint density at radius 3 is 2.50 bits per heavy atom. The highest BCUT2D eigenvalue weighted by molar-refractivity contribution is 7.77. The molecule has 2 rings (SSSR count). The number of aliphatic hydroxyl groups excluding tert-OH is 2. The van der Waals surface area contributed by atoms with E-state index < -0.39 is 17.2 Å². The summed E-state index contributed by atoms with van der Waals surface area (Å²) in [6, 6.07) is 6.07. The SMILES string of the molecule is O=C(O)c1cccc(Nc2nc(NCCO)nc(N(CCO)CCNS(=O)O)n2)c1. The van der Waals surface area contributed by atoms with Gasteiger partial charge in [-0.25, -0.2) is 13.7 Å². The summed E-state index contributed by atoms with van der Waals surface area (Å²) in [5.74, 6) is -0.665. The average molecular weight is 441 g/mol. The van der Waals surface area contributed by atoms with Crippen molar-refractivity contribution in [3.63, 3.8) is 0 Å². The van der Waals surface area contributed by atoms with Gasteiger partial charge in [-0.1, -0.05) is 6.07 Å². The molecule has 164 valence electrons. The molecular formula is C16H23N7O6S. The summed E-state index contributed by atoms with van der Waals surface area (Å²) in [7, 11) is 0. The molecule has 1 aromatic heterocycles. The maximum absolute atomic E-state index is 11.2. The van der Waals surface area contributed by atoms with Crippen molar-refractivity contribution in [3.8, 4) is 0 Å². The third-order valence-corrected chi connectivity index (χ3v) is 4.10. The van der Waals surface area contributed by atoms with Crippen LogP contribution < -0.4 is 20.3 Å². The van der Waals surface area contributed by atoms with Gasteiger partial charge in [-0.05, 0) is 18.2 Å². The summed E-state index contributed by atoms with van der Waals surface area (Å²) in [6.45, 7) is 0.301. The maximum Gasteiger partial charge on any atom is 0.335 e. The van der Waals surface area contributed by atoms with Crippen LogP contribution in [-0.2, 0) is 11.3 Å². The lowest BCUT2D eigenvalue weighted by atomic mass is 10.2. The Hall–Kier alpha value is -2.91. The fourth-order valence-corrected chi connectivity index (χ4v) is 2.63. The smallest absolute Gasteiger partial charge is 0.335 e. The predicted octanol–water partition coefficient (Wildman–Crippen LogP) is -0.757. The minimum atomic E-state index is -2.18. The van der Waals surface area contributed by atoms with Gasteiger partial charge < -0.3 is 30.9 Å². The van der Waals surface area contributed by atoms with Crippen LogP contribution in [0.5, 0.6) is 0 Å². The van der Waals surface area contributed by atoms with Crippen LogP contribution >= 0.6 is 0 Å². The minimum Gasteiger partial charge on any atom is -0.478 e. The number of aromatic carboxylic acids is 1.